The fraction of sp³-hybridized carbons (Fsp3) is 0.243. The highest BCUT2D eigenvalue weighted by Gasteiger charge is 2.68. The molecule has 6 atom stereocenters. The van der Waals surface area contributed by atoms with Crippen LogP contribution < -0.4 is 9.80 Å². The Bertz CT molecular complexity index is 2220. The molecule has 4 aromatic carbocycles. The van der Waals surface area contributed by atoms with Crippen LogP contribution in [0.15, 0.2) is 90.5 Å². The number of nitro groups is 1. The van der Waals surface area contributed by atoms with Gasteiger partial charge in [-0.2, -0.15) is 0 Å². The van der Waals surface area contributed by atoms with Gasteiger partial charge in [-0.05, 0) is 55.3 Å². The van der Waals surface area contributed by atoms with Crippen LogP contribution >= 0.6 is 11.6 Å². The van der Waals surface area contributed by atoms with Crippen molar-refractivity contribution in [2.75, 3.05) is 9.80 Å². The van der Waals surface area contributed by atoms with Gasteiger partial charge in [0, 0.05) is 29.0 Å². The number of aromatic hydroxyl groups is 1. The Labute approximate surface area is 283 Å². The molecule has 4 aliphatic rings. The molecule has 4 amide bonds. The molecule has 2 aliphatic carbocycles. The predicted molar refractivity (Wildman–Crippen MR) is 177 cm³/mol. The number of imide groups is 2. The van der Waals surface area contributed by atoms with E-state index in [1.165, 1.54) is 36.4 Å². The summed E-state index contributed by atoms with van der Waals surface area (Å²) in [5.74, 6) is -7.21. The summed E-state index contributed by atoms with van der Waals surface area (Å²) in [7, 11) is 0. The van der Waals surface area contributed by atoms with Crippen molar-refractivity contribution in [3.8, 4) is 5.75 Å². The lowest BCUT2D eigenvalue weighted by molar-refractivity contribution is -0.384. The lowest BCUT2D eigenvalue weighted by atomic mass is 9.51. The fourth-order valence-corrected chi connectivity index (χ4v) is 8.91. The first-order valence-corrected chi connectivity index (χ1v) is 16.2. The first-order valence-electron chi connectivity index (χ1n) is 15.8. The van der Waals surface area contributed by atoms with Gasteiger partial charge < -0.3 is 5.11 Å². The minimum atomic E-state index is -1.45. The smallest absolute Gasteiger partial charge is 0.271 e. The summed E-state index contributed by atoms with van der Waals surface area (Å²) in [5, 5.41) is 24.3. The number of non-ortho nitro benzene ring substituents is 1. The van der Waals surface area contributed by atoms with Crippen molar-refractivity contribution < 1.29 is 33.6 Å². The number of fused-ring (bicyclic) bond motifs is 5. The average molecular weight is 680 g/mol. The van der Waals surface area contributed by atoms with Crippen molar-refractivity contribution in [2.45, 2.75) is 25.7 Å². The van der Waals surface area contributed by atoms with Gasteiger partial charge in [0.2, 0.25) is 23.6 Å². The van der Waals surface area contributed by atoms with E-state index in [1.54, 1.807) is 25.1 Å². The monoisotopic (exact) mass is 679 g/mol. The Hall–Kier alpha value is -5.42. The van der Waals surface area contributed by atoms with Gasteiger partial charge in [-0.3, -0.25) is 29.3 Å². The van der Waals surface area contributed by atoms with Gasteiger partial charge >= 0.3 is 0 Å². The molecule has 1 saturated carbocycles. The van der Waals surface area contributed by atoms with Gasteiger partial charge in [-0.25, -0.2) is 14.2 Å². The highest BCUT2D eigenvalue weighted by molar-refractivity contribution is 6.32. The molecule has 8 rings (SSSR count). The Kier molecular flexibility index (Phi) is 6.80. The summed E-state index contributed by atoms with van der Waals surface area (Å²) in [4.78, 5) is 70.1. The number of rotatable bonds is 4. The number of phenolic OH excluding ortho intramolecular Hbond substituents is 1. The third kappa shape index (κ3) is 4.24. The molecule has 246 valence electrons. The normalized spacial score (nSPS) is 27.7. The molecule has 2 aliphatic heterocycles. The van der Waals surface area contributed by atoms with E-state index in [4.69, 9.17) is 11.6 Å². The van der Waals surface area contributed by atoms with Gasteiger partial charge in [0.05, 0.1) is 44.5 Å². The molecule has 2 heterocycles. The molecule has 6 unspecified atom stereocenters. The molecular weight excluding hydrogens is 653 g/mol. The number of nitro benzene ring substituents is 1. The van der Waals surface area contributed by atoms with Crippen molar-refractivity contribution in [1.29, 1.82) is 0 Å². The number of anilines is 2. The maximum absolute atomic E-state index is 14.6. The number of allylic oxidation sites excluding steroid dienone is 2. The Balaban J connectivity index is 1.29. The number of halogens is 2. The lowest BCUT2D eigenvalue weighted by Gasteiger charge is -2.49. The van der Waals surface area contributed by atoms with E-state index < -0.39 is 69.4 Å². The maximum atomic E-state index is 14.6. The minimum absolute atomic E-state index is 0.0478. The van der Waals surface area contributed by atoms with Gasteiger partial charge in [0.1, 0.15) is 11.6 Å². The van der Waals surface area contributed by atoms with Crippen LogP contribution in [0.1, 0.15) is 31.2 Å². The standard InChI is InChI=1S/C37H27ClFN3O7/c1-37-27(34(45)41(36(37)47)20-10-14-29(39)28(38)16-20)17-26-23(31(37)25-11-9-18-5-2-3-8-22(18)32(25)43)12-13-24-30(26)35(46)40(33(24)44)19-6-4-7-21(15-19)42(48)49/h2-12,14-16,24,26-27,30-31,43H,13,17H2,1H3. The van der Waals surface area contributed by atoms with E-state index in [-0.39, 0.29) is 40.7 Å². The van der Waals surface area contributed by atoms with E-state index in [0.717, 1.165) is 21.3 Å². The van der Waals surface area contributed by atoms with Crippen molar-refractivity contribution in [1.82, 2.24) is 0 Å². The number of benzene rings is 4. The zero-order valence-corrected chi connectivity index (χ0v) is 26.6. The van der Waals surface area contributed by atoms with Crippen LogP contribution in [0.4, 0.5) is 21.5 Å². The molecule has 3 fully saturated rings. The molecule has 4 aromatic rings. The number of phenols is 1. The molecule has 10 nitrogen and oxygen atoms in total. The maximum Gasteiger partial charge on any atom is 0.271 e. The first-order chi connectivity index (χ1) is 23.4. The number of nitrogens with zero attached hydrogens (tertiary/aromatic N) is 3. The number of hydrogen-bond acceptors (Lipinski definition) is 7. The average Bonchev–Trinajstić information content (AvgIpc) is 3.46. The molecule has 0 spiro atoms. The number of hydrogen-bond donors (Lipinski definition) is 1. The number of carbonyl (C=O) groups excluding carboxylic acids is 4. The number of carbonyl (C=O) groups is 4. The van der Waals surface area contributed by atoms with Gasteiger partial charge in [0.15, 0.2) is 0 Å². The van der Waals surface area contributed by atoms with Crippen LogP contribution in [0.5, 0.6) is 5.75 Å². The van der Waals surface area contributed by atoms with Crippen LogP contribution in [0.2, 0.25) is 5.02 Å². The van der Waals surface area contributed by atoms with Crippen LogP contribution in [0.3, 0.4) is 0 Å². The topological polar surface area (TPSA) is 138 Å². The summed E-state index contributed by atoms with van der Waals surface area (Å²) < 4.78 is 14.2. The molecule has 0 radical (unpaired) electrons. The second-order valence-electron chi connectivity index (χ2n) is 13.3. The third-order valence-electron chi connectivity index (χ3n) is 11.0. The van der Waals surface area contributed by atoms with E-state index in [2.05, 4.69) is 0 Å². The van der Waals surface area contributed by atoms with Crippen LogP contribution in [-0.4, -0.2) is 33.7 Å². The molecule has 49 heavy (non-hydrogen) atoms. The van der Waals surface area contributed by atoms with E-state index in [9.17, 15) is 38.8 Å². The van der Waals surface area contributed by atoms with E-state index in [1.807, 2.05) is 24.3 Å². The van der Waals surface area contributed by atoms with Crippen molar-refractivity contribution in [3.05, 3.63) is 117 Å². The highest BCUT2D eigenvalue weighted by atomic mass is 35.5. The molecule has 0 aromatic heterocycles. The zero-order chi connectivity index (χ0) is 34.5. The quantitative estimate of drug-likeness (QED) is 0.110. The van der Waals surface area contributed by atoms with E-state index in [0.29, 0.717) is 16.5 Å². The third-order valence-corrected chi connectivity index (χ3v) is 11.3. The summed E-state index contributed by atoms with van der Waals surface area (Å²) in [6.07, 6.45) is 2.05. The van der Waals surface area contributed by atoms with Crippen LogP contribution in [0.25, 0.3) is 10.8 Å². The Morgan fingerprint density at radius 2 is 1.65 bits per heavy atom. The van der Waals surface area contributed by atoms with Gasteiger partial charge in [0.25, 0.3) is 5.69 Å². The minimum Gasteiger partial charge on any atom is -0.507 e. The van der Waals surface area contributed by atoms with Crippen LogP contribution in [-0.2, 0) is 19.2 Å². The van der Waals surface area contributed by atoms with Crippen molar-refractivity contribution >= 4 is 63.1 Å². The summed E-state index contributed by atoms with van der Waals surface area (Å²) in [6.45, 7) is 1.68. The van der Waals surface area contributed by atoms with E-state index >= 15 is 0 Å². The molecule has 12 heteroatoms. The van der Waals surface area contributed by atoms with Gasteiger partial charge in [-0.15, -0.1) is 0 Å². The van der Waals surface area contributed by atoms with Crippen LogP contribution in [0, 0.1) is 45.0 Å². The van der Waals surface area contributed by atoms with Crippen molar-refractivity contribution in [3.63, 3.8) is 0 Å². The first kappa shape index (κ1) is 30.9. The SMILES string of the molecule is CC12C(=O)N(c3ccc(F)c(Cl)c3)C(=O)C1CC1C(=CCC3C(=O)N(c4cccc([N+](=O)[O-])c4)C(=O)C31)C2c1ccc2ccccc2c1O. The molecule has 1 N–H and O–H groups in total. The summed E-state index contributed by atoms with van der Waals surface area (Å²) in [5.41, 5.74) is -0.490. The van der Waals surface area contributed by atoms with Crippen molar-refractivity contribution in [2.24, 2.45) is 29.1 Å². The van der Waals surface area contributed by atoms with Gasteiger partial charge in [-0.1, -0.05) is 65.7 Å². The predicted octanol–water partition coefficient (Wildman–Crippen LogP) is 6.68. The Morgan fingerprint density at radius 1 is 0.898 bits per heavy atom. The molecule has 0 bridgehead atoms. The highest BCUT2D eigenvalue weighted by Crippen LogP contribution is 2.65. The fourth-order valence-electron chi connectivity index (χ4n) is 8.73. The Morgan fingerprint density at radius 3 is 2.41 bits per heavy atom. The lowest BCUT2D eigenvalue weighted by Crippen LogP contribution is -2.48. The number of amides is 4. The summed E-state index contributed by atoms with van der Waals surface area (Å²) >= 11 is 6.08. The zero-order valence-electron chi connectivity index (χ0n) is 25.9. The molecular formula is C37H27ClFN3O7. The molecule has 2 saturated heterocycles. The summed E-state index contributed by atoms with van der Waals surface area (Å²) in [6, 6.07) is 19.7. The second kappa shape index (κ2) is 10.8. The largest absolute Gasteiger partial charge is 0.507 e. The second-order valence-corrected chi connectivity index (χ2v) is 13.7.